The lowest BCUT2D eigenvalue weighted by Gasteiger charge is -2.33. The summed E-state index contributed by atoms with van der Waals surface area (Å²) in [4.78, 5) is 21.8. The van der Waals surface area contributed by atoms with Gasteiger partial charge in [-0.2, -0.15) is 0 Å². The summed E-state index contributed by atoms with van der Waals surface area (Å²) in [5.74, 6) is 1.86. The van der Waals surface area contributed by atoms with Crippen LogP contribution in [-0.2, 0) is 9.53 Å². The van der Waals surface area contributed by atoms with Crippen molar-refractivity contribution in [3.63, 3.8) is 0 Å². The lowest BCUT2D eigenvalue weighted by molar-refractivity contribution is -0.142. The second-order valence-electron chi connectivity index (χ2n) is 10.9. The lowest BCUT2D eigenvalue weighted by atomic mass is 10.0. The predicted octanol–water partition coefficient (Wildman–Crippen LogP) is 5.32. The van der Waals surface area contributed by atoms with E-state index in [0.29, 0.717) is 13.2 Å². The van der Waals surface area contributed by atoms with Gasteiger partial charge in [-0.3, -0.25) is 9.78 Å². The van der Waals surface area contributed by atoms with Crippen LogP contribution in [0.25, 0.3) is 22.0 Å². The molecule has 1 aromatic heterocycles. The molecule has 0 radical (unpaired) electrons. The maximum atomic E-state index is 12.6. The van der Waals surface area contributed by atoms with E-state index in [4.69, 9.17) is 14.2 Å². The van der Waals surface area contributed by atoms with Crippen molar-refractivity contribution >= 4 is 16.8 Å². The number of ether oxygens (including phenoxy) is 3. The minimum atomic E-state index is -0.237. The molecule has 0 spiro atoms. The third-order valence-corrected chi connectivity index (χ3v) is 8.22. The summed E-state index contributed by atoms with van der Waals surface area (Å²) < 4.78 is 18.3. The molecule has 2 aromatic carbocycles. The van der Waals surface area contributed by atoms with Crippen molar-refractivity contribution in [2.45, 2.75) is 57.2 Å². The van der Waals surface area contributed by atoms with E-state index in [-0.39, 0.29) is 18.1 Å². The maximum absolute atomic E-state index is 12.6. The van der Waals surface area contributed by atoms with Gasteiger partial charge in [0.05, 0.1) is 6.61 Å². The second-order valence-corrected chi connectivity index (χ2v) is 10.9. The highest BCUT2D eigenvalue weighted by Crippen LogP contribution is 2.37. The third-order valence-electron chi connectivity index (χ3n) is 8.22. The van der Waals surface area contributed by atoms with Crippen LogP contribution in [-0.4, -0.2) is 78.8 Å². The zero-order valence-corrected chi connectivity index (χ0v) is 22.7. The molecule has 1 amide bonds. The molecule has 1 atom stereocenters. The molecule has 7 nitrogen and oxygen atoms in total. The van der Waals surface area contributed by atoms with Crippen LogP contribution in [0, 0.1) is 0 Å². The number of benzene rings is 2. The van der Waals surface area contributed by atoms with Crippen LogP contribution in [0.5, 0.6) is 11.5 Å². The summed E-state index contributed by atoms with van der Waals surface area (Å²) in [7, 11) is 0. The molecule has 3 aromatic rings. The highest BCUT2D eigenvalue weighted by molar-refractivity contribution is 5.92. The van der Waals surface area contributed by atoms with Crippen LogP contribution in [0.1, 0.15) is 44.9 Å². The van der Waals surface area contributed by atoms with Crippen LogP contribution in [0.15, 0.2) is 54.7 Å². The number of nitrogens with zero attached hydrogens (tertiary/aromatic N) is 3. The Bertz CT molecular complexity index is 1240. The van der Waals surface area contributed by atoms with Gasteiger partial charge in [0, 0.05) is 56.2 Å². The van der Waals surface area contributed by atoms with Crippen LogP contribution in [0.2, 0.25) is 0 Å². The van der Waals surface area contributed by atoms with Crippen LogP contribution >= 0.6 is 0 Å². The average Bonchev–Trinajstić information content (AvgIpc) is 3.71. The van der Waals surface area contributed by atoms with E-state index in [0.717, 1.165) is 85.3 Å². The topological polar surface area (TPSA) is 64.1 Å². The highest BCUT2D eigenvalue weighted by Gasteiger charge is 2.31. The Morgan fingerprint density at radius 3 is 2.54 bits per heavy atom. The number of carbonyl (C=O) groups is 1. The molecule has 3 aliphatic rings. The zero-order valence-electron chi connectivity index (χ0n) is 22.7. The molecular formula is C32H39N3O4. The van der Waals surface area contributed by atoms with Crippen molar-refractivity contribution in [3.05, 3.63) is 54.7 Å². The number of piperidine rings is 1. The summed E-state index contributed by atoms with van der Waals surface area (Å²) in [5, 5.41) is 1.08. The standard InChI is InChI=1S/C32H39N3O4/c36-32(29-7-4-22-37-29)35-20-14-27(15-21-35)39-26-11-8-24(9-12-26)28-13-10-25-6-3-16-33-30(25)31(28)38-23-5-19-34-17-1-2-18-34/h3,6,8-13,16,27,29H,1-2,4-5,7,14-15,17-23H2/t29-/m1/s1. The van der Waals surface area contributed by atoms with Gasteiger partial charge >= 0.3 is 0 Å². The summed E-state index contributed by atoms with van der Waals surface area (Å²) >= 11 is 0. The predicted molar refractivity (Wildman–Crippen MR) is 152 cm³/mol. The van der Waals surface area contributed by atoms with Crippen LogP contribution in [0.4, 0.5) is 0 Å². The molecular weight excluding hydrogens is 490 g/mol. The fourth-order valence-electron chi connectivity index (χ4n) is 6.04. The van der Waals surface area contributed by atoms with E-state index in [2.05, 4.69) is 40.2 Å². The van der Waals surface area contributed by atoms with Gasteiger partial charge in [0.25, 0.3) is 5.91 Å². The molecule has 4 heterocycles. The smallest absolute Gasteiger partial charge is 0.251 e. The number of amides is 1. The van der Waals surface area contributed by atoms with Gasteiger partial charge in [-0.15, -0.1) is 0 Å². The molecule has 3 saturated heterocycles. The number of pyridine rings is 1. The van der Waals surface area contributed by atoms with Crippen molar-refractivity contribution < 1.29 is 19.0 Å². The maximum Gasteiger partial charge on any atom is 0.251 e. The van der Waals surface area contributed by atoms with Crippen molar-refractivity contribution in [3.8, 4) is 22.6 Å². The first kappa shape index (κ1) is 26.1. The average molecular weight is 530 g/mol. The Morgan fingerprint density at radius 2 is 1.77 bits per heavy atom. The van der Waals surface area contributed by atoms with E-state index in [1.165, 1.54) is 25.9 Å². The van der Waals surface area contributed by atoms with Gasteiger partial charge in [-0.25, -0.2) is 0 Å². The first-order valence-corrected chi connectivity index (χ1v) is 14.6. The van der Waals surface area contributed by atoms with Crippen molar-refractivity contribution in [1.29, 1.82) is 0 Å². The third kappa shape index (κ3) is 6.20. The minimum absolute atomic E-state index is 0.115. The lowest BCUT2D eigenvalue weighted by Crippen LogP contribution is -2.45. The largest absolute Gasteiger partial charge is 0.491 e. The van der Waals surface area contributed by atoms with Gasteiger partial charge in [0.2, 0.25) is 0 Å². The molecule has 206 valence electrons. The molecule has 0 bridgehead atoms. The highest BCUT2D eigenvalue weighted by atomic mass is 16.5. The van der Waals surface area contributed by atoms with Crippen molar-refractivity contribution in [2.24, 2.45) is 0 Å². The summed E-state index contributed by atoms with van der Waals surface area (Å²) in [6.07, 6.45) is 8.85. The molecule has 0 saturated carbocycles. The number of hydrogen-bond donors (Lipinski definition) is 0. The Morgan fingerprint density at radius 1 is 0.949 bits per heavy atom. The van der Waals surface area contributed by atoms with E-state index in [9.17, 15) is 4.79 Å². The van der Waals surface area contributed by atoms with Gasteiger partial charge < -0.3 is 24.0 Å². The number of likely N-dealkylation sites (tertiary alicyclic amines) is 2. The molecule has 0 unspecified atom stereocenters. The molecule has 6 rings (SSSR count). The number of hydrogen-bond acceptors (Lipinski definition) is 6. The van der Waals surface area contributed by atoms with Crippen LogP contribution in [0.3, 0.4) is 0 Å². The molecule has 0 aliphatic carbocycles. The fourth-order valence-corrected chi connectivity index (χ4v) is 6.04. The van der Waals surface area contributed by atoms with E-state index >= 15 is 0 Å². The van der Waals surface area contributed by atoms with Gasteiger partial charge in [0.15, 0.2) is 5.75 Å². The first-order chi connectivity index (χ1) is 19.2. The van der Waals surface area contributed by atoms with Crippen molar-refractivity contribution in [1.82, 2.24) is 14.8 Å². The monoisotopic (exact) mass is 529 g/mol. The van der Waals surface area contributed by atoms with Crippen molar-refractivity contribution in [2.75, 3.05) is 45.9 Å². The van der Waals surface area contributed by atoms with E-state index < -0.39 is 0 Å². The summed E-state index contributed by atoms with van der Waals surface area (Å²) in [6.45, 7) is 6.34. The number of aromatic nitrogens is 1. The molecule has 0 N–H and O–H groups in total. The van der Waals surface area contributed by atoms with E-state index in [1.807, 2.05) is 29.3 Å². The normalized spacial score (nSPS) is 20.5. The second kappa shape index (κ2) is 12.3. The number of rotatable bonds is 9. The van der Waals surface area contributed by atoms with Gasteiger partial charge in [-0.1, -0.05) is 24.3 Å². The Hall–Kier alpha value is -3.16. The first-order valence-electron chi connectivity index (χ1n) is 14.6. The number of fused-ring (bicyclic) bond motifs is 1. The zero-order chi connectivity index (χ0) is 26.4. The Labute approximate surface area is 231 Å². The molecule has 3 aliphatic heterocycles. The Balaban J connectivity index is 1.09. The quantitative estimate of drug-likeness (QED) is 0.350. The van der Waals surface area contributed by atoms with E-state index in [1.54, 1.807) is 0 Å². The van der Waals surface area contributed by atoms with Gasteiger partial charge in [-0.05, 0) is 75.0 Å². The Kier molecular flexibility index (Phi) is 8.26. The molecule has 7 heteroatoms. The summed E-state index contributed by atoms with van der Waals surface area (Å²) in [6, 6.07) is 16.6. The molecule has 39 heavy (non-hydrogen) atoms. The fraction of sp³-hybridized carbons (Fsp3) is 0.500. The minimum Gasteiger partial charge on any atom is -0.491 e. The summed E-state index contributed by atoms with van der Waals surface area (Å²) in [5.41, 5.74) is 3.04. The number of carbonyl (C=O) groups excluding carboxylic acids is 1. The van der Waals surface area contributed by atoms with Crippen LogP contribution < -0.4 is 9.47 Å². The SMILES string of the molecule is O=C([C@H]1CCCO1)N1CCC(Oc2ccc(-c3ccc4cccnc4c3OCCCN3CCCC3)cc2)CC1. The molecule has 3 fully saturated rings. The van der Waals surface area contributed by atoms with Gasteiger partial charge in [0.1, 0.15) is 23.5 Å².